The average Bonchev–Trinajstić information content (AvgIpc) is 3.54. The lowest BCUT2D eigenvalue weighted by Gasteiger charge is -2.25. The lowest BCUT2D eigenvalue weighted by molar-refractivity contribution is -0.137. The van der Waals surface area contributed by atoms with Crippen LogP contribution in [0.5, 0.6) is 0 Å². The van der Waals surface area contributed by atoms with E-state index in [1.54, 1.807) is 11.4 Å². The van der Waals surface area contributed by atoms with Crippen molar-refractivity contribution in [3.63, 3.8) is 0 Å². The normalized spacial score (nSPS) is 17.4. The molecule has 8 nitrogen and oxygen atoms in total. The first kappa shape index (κ1) is 23.0. The number of hydrogen-bond acceptors (Lipinski definition) is 7. The number of aryl methyl sites for hydroxylation is 1. The molecular formula is C25H26F3N7O. The van der Waals surface area contributed by atoms with E-state index in [-0.39, 0.29) is 11.6 Å². The highest BCUT2D eigenvalue weighted by atomic mass is 19.4. The van der Waals surface area contributed by atoms with Crippen LogP contribution in [0.2, 0.25) is 0 Å². The van der Waals surface area contributed by atoms with Crippen LogP contribution >= 0.6 is 0 Å². The van der Waals surface area contributed by atoms with E-state index in [9.17, 15) is 13.2 Å². The summed E-state index contributed by atoms with van der Waals surface area (Å²) in [5, 5.41) is 8.39. The van der Waals surface area contributed by atoms with Crippen molar-refractivity contribution < 1.29 is 17.9 Å². The van der Waals surface area contributed by atoms with Gasteiger partial charge in [-0.3, -0.25) is 0 Å². The number of aromatic nitrogens is 5. The first-order valence-electron chi connectivity index (χ1n) is 12.2. The highest BCUT2D eigenvalue weighted by Crippen LogP contribution is 2.32. The Kier molecular flexibility index (Phi) is 5.66. The van der Waals surface area contributed by atoms with E-state index < -0.39 is 11.7 Å². The molecule has 0 radical (unpaired) electrons. The molecule has 2 aliphatic heterocycles. The summed E-state index contributed by atoms with van der Waals surface area (Å²) in [7, 11) is 0. The van der Waals surface area contributed by atoms with Gasteiger partial charge in [0.2, 0.25) is 0 Å². The fourth-order valence-electron chi connectivity index (χ4n) is 4.90. The fourth-order valence-corrected chi connectivity index (χ4v) is 4.90. The molecule has 0 bridgehead atoms. The Bertz CT molecular complexity index is 1420. The van der Waals surface area contributed by atoms with Gasteiger partial charge in [0.15, 0.2) is 5.65 Å². The molecule has 1 aromatic carbocycles. The van der Waals surface area contributed by atoms with E-state index in [4.69, 9.17) is 14.8 Å². The number of anilines is 2. The third-order valence-corrected chi connectivity index (χ3v) is 6.83. The van der Waals surface area contributed by atoms with E-state index in [1.165, 1.54) is 6.07 Å². The van der Waals surface area contributed by atoms with Gasteiger partial charge in [0.1, 0.15) is 23.0 Å². The van der Waals surface area contributed by atoms with Gasteiger partial charge in [-0.25, -0.2) is 15.0 Å². The van der Waals surface area contributed by atoms with Crippen molar-refractivity contribution in [1.29, 1.82) is 0 Å². The second-order valence-electron chi connectivity index (χ2n) is 9.38. The minimum atomic E-state index is -4.45. The Labute approximate surface area is 205 Å². The highest BCUT2D eigenvalue weighted by Gasteiger charge is 2.31. The number of ether oxygens (including phenoxy) is 1. The SMILES string of the molecule is Cc1nc2ccc(C(F)(F)F)cc2nc1-c1cc2nc(N3CCCC3)cc(NC3CCOCC3)n2n1. The molecule has 0 atom stereocenters. The Hall–Kier alpha value is -3.47. The quantitative estimate of drug-likeness (QED) is 0.431. The molecule has 0 amide bonds. The van der Waals surface area contributed by atoms with Crippen LogP contribution in [0.4, 0.5) is 24.8 Å². The zero-order valence-electron chi connectivity index (χ0n) is 19.8. The average molecular weight is 498 g/mol. The molecule has 6 rings (SSSR count). The van der Waals surface area contributed by atoms with Gasteiger partial charge in [0.05, 0.1) is 22.3 Å². The molecule has 2 fully saturated rings. The number of fused-ring (bicyclic) bond motifs is 2. The molecule has 3 aromatic heterocycles. The first-order valence-corrected chi connectivity index (χ1v) is 12.2. The van der Waals surface area contributed by atoms with Crippen LogP contribution in [-0.4, -0.2) is 56.9 Å². The number of rotatable bonds is 4. The van der Waals surface area contributed by atoms with Gasteiger partial charge in [-0.15, -0.1) is 0 Å². The summed E-state index contributed by atoms with van der Waals surface area (Å²) >= 11 is 0. The largest absolute Gasteiger partial charge is 0.416 e. The van der Waals surface area contributed by atoms with Crippen molar-refractivity contribution >= 4 is 28.3 Å². The molecule has 5 heterocycles. The van der Waals surface area contributed by atoms with E-state index in [1.807, 2.05) is 12.1 Å². The van der Waals surface area contributed by atoms with Gasteiger partial charge in [-0.1, -0.05) is 0 Å². The van der Waals surface area contributed by atoms with E-state index in [0.717, 1.165) is 62.5 Å². The maximum absolute atomic E-state index is 13.3. The van der Waals surface area contributed by atoms with Crippen molar-refractivity contribution in [3.8, 4) is 11.4 Å². The third kappa shape index (κ3) is 4.32. The maximum atomic E-state index is 13.3. The number of nitrogens with zero attached hydrogens (tertiary/aromatic N) is 6. The van der Waals surface area contributed by atoms with Gasteiger partial charge in [-0.2, -0.15) is 22.8 Å². The van der Waals surface area contributed by atoms with Crippen LogP contribution in [0.1, 0.15) is 36.9 Å². The molecule has 11 heteroatoms. The summed E-state index contributed by atoms with van der Waals surface area (Å²) in [6.07, 6.45) is -0.399. The molecule has 188 valence electrons. The first-order chi connectivity index (χ1) is 17.3. The molecular weight excluding hydrogens is 471 g/mol. The topological polar surface area (TPSA) is 80.5 Å². The van der Waals surface area contributed by atoms with Crippen molar-refractivity contribution in [3.05, 3.63) is 41.6 Å². The van der Waals surface area contributed by atoms with Gasteiger partial charge in [-0.05, 0) is 50.8 Å². The molecule has 0 unspecified atom stereocenters. The van der Waals surface area contributed by atoms with Crippen molar-refractivity contribution in [2.75, 3.05) is 36.5 Å². The molecule has 2 aliphatic rings. The minimum absolute atomic E-state index is 0.175. The molecule has 0 saturated carbocycles. The number of benzene rings is 1. The summed E-state index contributed by atoms with van der Waals surface area (Å²) in [6, 6.07) is 7.52. The predicted molar refractivity (Wildman–Crippen MR) is 130 cm³/mol. The highest BCUT2D eigenvalue weighted by molar-refractivity contribution is 5.79. The maximum Gasteiger partial charge on any atom is 0.416 e. The van der Waals surface area contributed by atoms with Gasteiger partial charge in [0, 0.05) is 44.5 Å². The smallest absolute Gasteiger partial charge is 0.381 e. The van der Waals surface area contributed by atoms with E-state index in [2.05, 4.69) is 20.2 Å². The summed E-state index contributed by atoms with van der Waals surface area (Å²) in [5.74, 6) is 1.71. The number of nitrogens with one attached hydrogen (secondary N) is 1. The molecule has 0 spiro atoms. The fraction of sp³-hybridized carbons (Fsp3) is 0.440. The summed E-state index contributed by atoms with van der Waals surface area (Å²) in [5.41, 5.74) is 2.01. The lowest BCUT2D eigenvalue weighted by atomic mass is 10.1. The second kappa shape index (κ2) is 8.88. The molecule has 2 saturated heterocycles. The molecule has 1 N–H and O–H groups in total. The summed E-state index contributed by atoms with van der Waals surface area (Å²) < 4.78 is 47.1. The second-order valence-corrected chi connectivity index (χ2v) is 9.38. The van der Waals surface area contributed by atoms with Crippen molar-refractivity contribution in [2.24, 2.45) is 0 Å². The lowest BCUT2D eigenvalue weighted by Crippen LogP contribution is -2.29. The number of halogens is 3. The van der Waals surface area contributed by atoms with Crippen LogP contribution in [0, 0.1) is 6.92 Å². The van der Waals surface area contributed by atoms with Gasteiger partial charge < -0.3 is 15.0 Å². The van der Waals surface area contributed by atoms with Crippen molar-refractivity contribution in [2.45, 2.75) is 44.8 Å². The van der Waals surface area contributed by atoms with E-state index in [0.29, 0.717) is 41.5 Å². The van der Waals surface area contributed by atoms with Crippen LogP contribution in [0.3, 0.4) is 0 Å². The van der Waals surface area contributed by atoms with E-state index >= 15 is 0 Å². The molecule has 4 aromatic rings. The summed E-state index contributed by atoms with van der Waals surface area (Å²) in [6.45, 7) is 5.12. The Morgan fingerprint density at radius 2 is 1.75 bits per heavy atom. The number of alkyl halides is 3. The number of hydrogen-bond donors (Lipinski definition) is 1. The Balaban J connectivity index is 1.45. The molecule has 36 heavy (non-hydrogen) atoms. The van der Waals surface area contributed by atoms with Crippen molar-refractivity contribution in [1.82, 2.24) is 24.6 Å². The third-order valence-electron chi connectivity index (χ3n) is 6.83. The Morgan fingerprint density at radius 3 is 2.50 bits per heavy atom. The van der Waals surface area contributed by atoms with Crippen LogP contribution in [-0.2, 0) is 10.9 Å². The standard InChI is InChI=1S/C25H26F3N7O/c1-15-24(31-19-12-16(25(26,27)28)4-5-18(19)29-15)20-13-22-32-21(34-8-2-3-9-34)14-23(35(22)33-20)30-17-6-10-36-11-7-17/h4-5,12-14,17,30H,2-3,6-11H2,1H3. The van der Waals surface area contributed by atoms with Gasteiger partial charge >= 0.3 is 6.18 Å². The molecule has 0 aliphatic carbocycles. The van der Waals surface area contributed by atoms with Gasteiger partial charge in [0.25, 0.3) is 0 Å². The zero-order valence-corrected chi connectivity index (χ0v) is 19.8. The van der Waals surface area contributed by atoms with Crippen LogP contribution < -0.4 is 10.2 Å². The predicted octanol–water partition coefficient (Wildman–Crippen LogP) is 4.86. The minimum Gasteiger partial charge on any atom is -0.381 e. The zero-order chi connectivity index (χ0) is 24.9. The monoisotopic (exact) mass is 497 g/mol. The Morgan fingerprint density at radius 1 is 0.972 bits per heavy atom. The summed E-state index contributed by atoms with van der Waals surface area (Å²) in [4.78, 5) is 16.2. The van der Waals surface area contributed by atoms with Crippen LogP contribution in [0.15, 0.2) is 30.3 Å². The van der Waals surface area contributed by atoms with Crippen LogP contribution in [0.25, 0.3) is 28.1 Å².